The van der Waals surface area contributed by atoms with Crippen LogP contribution in [-0.4, -0.2) is 22.5 Å². The summed E-state index contributed by atoms with van der Waals surface area (Å²) in [7, 11) is 0. The third-order valence-corrected chi connectivity index (χ3v) is 3.90. The number of ether oxygens (including phenoxy) is 1. The largest absolute Gasteiger partial charge is 0.376 e. The summed E-state index contributed by atoms with van der Waals surface area (Å²) in [5, 5.41) is 2.83. The van der Waals surface area contributed by atoms with Crippen LogP contribution in [0.3, 0.4) is 0 Å². The number of benzene rings is 1. The lowest BCUT2D eigenvalue weighted by Gasteiger charge is -2.20. The van der Waals surface area contributed by atoms with Crippen molar-refractivity contribution in [3.63, 3.8) is 0 Å². The number of nitrogens with one attached hydrogen (secondary N) is 1. The van der Waals surface area contributed by atoms with E-state index in [0.29, 0.717) is 24.7 Å². The molecule has 0 saturated heterocycles. The maximum absolute atomic E-state index is 12.7. The van der Waals surface area contributed by atoms with Gasteiger partial charge in [-0.3, -0.25) is 10.1 Å². The van der Waals surface area contributed by atoms with Gasteiger partial charge in [0.05, 0.1) is 18.9 Å². The smallest absolute Gasteiger partial charge is 0.258 e. The highest BCUT2D eigenvalue weighted by Crippen LogP contribution is 2.23. The van der Waals surface area contributed by atoms with Crippen molar-refractivity contribution in [3.8, 4) is 0 Å². The predicted octanol–water partition coefficient (Wildman–Crippen LogP) is 3.39. The molecular formula is C19H23N3O2. The Kier molecular flexibility index (Phi) is 4.62. The lowest BCUT2D eigenvalue weighted by atomic mass is 9.86. The lowest BCUT2D eigenvalue weighted by Crippen LogP contribution is -2.20. The Labute approximate surface area is 142 Å². The van der Waals surface area contributed by atoms with E-state index < -0.39 is 0 Å². The molecule has 0 fully saturated rings. The molecule has 1 aromatic carbocycles. The van der Waals surface area contributed by atoms with Crippen LogP contribution in [0.2, 0.25) is 0 Å². The summed E-state index contributed by atoms with van der Waals surface area (Å²) in [5.41, 5.74) is 3.77. The Morgan fingerprint density at radius 3 is 2.88 bits per heavy atom. The number of aromatic nitrogens is 2. The van der Waals surface area contributed by atoms with Crippen LogP contribution in [0.4, 0.5) is 5.95 Å². The van der Waals surface area contributed by atoms with Gasteiger partial charge in [-0.2, -0.15) is 0 Å². The number of rotatable bonds is 3. The molecule has 2 heterocycles. The molecule has 1 aliphatic heterocycles. The fraction of sp³-hybridized carbons (Fsp3) is 0.421. The fourth-order valence-corrected chi connectivity index (χ4v) is 2.83. The first-order valence-electron chi connectivity index (χ1n) is 8.24. The summed E-state index contributed by atoms with van der Waals surface area (Å²) in [5.74, 6) is 0.188. The molecule has 126 valence electrons. The van der Waals surface area contributed by atoms with E-state index in [2.05, 4.69) is 36.1 Å². The number of carbonyl (C=O) groups is 1. The lowest BCUT2D eigenvalue weighted by molar-refractivity contribution is 0.102. The van der Waals surface area contributed by atoms with Crippen molar-refractivity contribution in [2.75, 3.05) is 11.9 Å². The van der Waals surface area contributed by atoms with Crippen molar-refractivity contribution in [1.82, 2.24) is 9.97 Å². The Morgan fingerprint density at radius 2 is 2.08 bits per heavy atom. The SMILES string of the molecule is CC(C)(C)Cc1ccccc1C(=O)Nc1ncc2c(n1)CCOC2. The molecule has 5 nitrogen and oxygen atoms in total. The molecule has 0 bridgehead atoms. The van der Waals surface area contributed by atoms with Crippen LogP contribution in [0.1, 0.15) is 48.0 Å². The molecule has 24 heavy (non-hydrogen) atoms. The third-order valence-electron chi connectivity index (χ3n) is 3.90. The van der Waals surface area contributed by atoms with Crippen molar-refractivity contribution >= 4 is 11.9 Å². The van der Waals surface area contributed by atoms with Crippen LogP contribution >= 0.6 is 0 Å². The number of nitrogens with zero attached hydrogens (tertiary/aromatic N) is 2. The van der Waals surface area contributed by atoms with Gasteiger partial charge in [0, 0.05) is 23.7 Å². The number of hydrogen-bond donors (Lipinski definition) is 1. The molecule has 5 heteroatoms. The highest BCUT2D eigenvalue weighted by atomic mass is 16.5. The molecular weight excluding hydrogens is 302 g/mol. The second-order valence-corrected chi connectivity index (χ2v) is 7.32. The molecule has 1 amide bonds. The molecule has 2 aromatic rings. The van der Waals surface area contributed by atoms with Gasteiger partial charge in [-0.15, -0.1) is 0 Å². The summed E-state index contributed by atoms with van der Waals surface area (Å²) < 4.78 is 5.38. The van der Waals surface area contributed by atoms with Gasteiger partial charge in [0.25, 0.3) is 5.91 Å². The summed E-state index contributed by atoms with van der Waals surface area (Å²) in [6.07, 6.45) is 3.32. The average molecular weight is 325 g/mol. The zero-order chi connectivity index (χ0) is 17.2. The Balaban J connectivity index is 1.80. The first-order valence-corrected chi connectivity index (χ1v) is 8.24. The van der Waals surface area contributed by atoms with Gasteiger partial charge < -0.3 is 4.74 Å². The number of hydrogen-bond acceptors (Lipinski definition) is 4. The number of fused-ring (bicyclic) bond motifs is 1. The third kappa shape index (κ3) is 3.97. The average Bonchev–Trinajstić information content (AvgIpc) is 2.53. The summed E-state index contributed by atoms with van der Waals surface area (Å²) >= 11 is 0. The van der Waals surface area contributed by atoms with Crippen LogP contribution in [0.15, 0.2) is 30.5 Å². The Bertz CT molecular complexity index is 751. The second-order valence-electron chi connectivity index (χ2n) is 7.32. The molecule has 1 N–H and O–H groups in total. The zero-order valence-electron chi connectivity index (χ0n) is 14.4. The van der Waals surface area contributed by atoms with Crippen molar-refractivity contribution < 1.29 is 9.53 Å². The van der Waals surface area contributed by atoms with E-state index in [0.717, 1.165) is 29.7 Å². The Hall–Kier alpha value is -2.27. The van der Waals surface area contributed by atoms with Crippen LogP contribution < -0.4 is 5.32 Å². The van der Waals surface area contributed by atoms with Crippen molar-refractivity contribution in [3.05, 3.63) is 52.8 Å². The first-order chi connectivity index (χ1) is 11.4. The predicted molar refractivity (Wildman–Crippen MR) is 92.9 cm³/mol. The second kappa shape index (κ2) is 6.69. The fourth-order valence-electron chi connectivity index (χ4n) is 2.83. The molecule has 3 rings (SSSR count). The van der Waals surface area contributed by atoms with Crippen LogP contribution in [0.25, 0.3) is 0 Å². The number of carbonyl (C=O) groups excluding carboxylic acids is 1. The van der Waals surface area contributed by atoms with Crippen LogP contribution in [0, 0.1) is 5.41 Å². The minimum absolute atomic E-state index is 0.110. The van der Waals surface area contributed by atoms with Gasteiger partial charge in [-0.1, -0.05) is 39.0 Å². The van der Waals surface area contributed by atoms with Gasteiger partial charge in [-0.05, 0) is 23.5 Å². The van der Waals surface area contributed by atoms with Gasteiger partial charge >= 0.3 is 0 Å². The van der Waals surface area contributed by atoms with E-state index in [9.17, 15) is 4.79 Å². The number of amides is 1. The number of anilines is 1. The zero-order valence-corrected chi connectivity index (χ0v) is 14.4. The van der Waals surface area contributed by atoms with Gasteiger partial charge in [0.1, 0.15) is 0 Å². The normalized spacial score (nSPS) is 14.1. The minimum Gasteiger partial charge on any atom is -0.376 e. The van der Waals surface area contributed by atoms with Gasteiger partial charge in [-0.25, -0.2) is 9.97 Å². The molecule has 1 aliphatic rings. The van der Waals surface area contributed by atoms with Crippen LogP contribution in [0.5, 0.6) is 0 Å². The Morgan fingerprint density at radius 1 is 1.29 bits per heavy atom. The van der Waals surface area contributed by atoms with E-state index in [1.807, 2.05) is 24.3 Å². The standard InChI is InChI=1S/C19H23N3O2/c1-19(2,3)10-13-6-4-5-7-15(13)17(23)22-18-20-11-14-12-24-9-8-16(14)21-18/h4-7,11H,8-10,12H2,1-3H3,(H,20,21,22,23). The maximum atomic E-state index is 12.7. The van der Waals surface area contributed by atoms with E-state index >= 15 is 0 Å². The monoisotopic (exact) mass is 325 g/mol. The van der Waals surface area contributed by atoms with Gasteiger partial charge in [0.15, 0.2) is 0 Å². The topological polar surface area (TPSA) is 64.1 Å². The van der Waals surface area contributed by atoms with Crippen LogP contribution in [-0.2, 0) is 24.2 Å². The molecule has 0 atom stereocenters. The van der Waals surface area contributed by atoms with E-state index in [4.69, 9.17) is 4.74 Å². The highest BCUT2D eigenvalue weighted by Gasteiger charge is 2.19. The quantitative estimate of drug-likeness (QED) is 0.939. The molecule has 1 aromatic heterocycles. The molecule has 0 unspecified atom stereocenters. The molecule has 0 radical (unpaired) electrons. The van der Waals surface area contributed by atoms with E-state index in [1.165, 1.54) is 0 Å². The molecule has 0 spiro atoms. The summed E-state index contributed by atoms with van der Waals surface area (Å²) in [6, 6.07) is 7.70. The van der Waals surface area contributed by atoms with E-state index in [-0.39, 0.29) is 11.3 Å². The van der Waals surface area contributed by atoms with Crippen molar-refractivity contribution in [1.29, 1.82) is 0 Å². The minimum atomic E-state index is -0.165. The van der Waals surface area contributed by atoms with E-state index in [1.54, 1.807) is 6.20 Å². The summed E-state index contributed by atoms with van der Waals surface area (Å²) in [4.78, 5) is 21.4. The first kappa shape index (κ1) is 16.6. The molecule has 0 aliphatic carbocycles. The van der Waals surface area contributed by atoms with Crippen molar-refractivity contribution in [2.45, 2.75) is 40.2 Å². The summed E-state index contributed by atoms with van der Waals surface area (Å²) in [6.45, 7) is 7.69. The molecule has 0 saturated carbocycles. The maximum Gasteiger partial charge on any atom is 0.258 e. The van der Waals surface area contributed by atoms with Crippen molar-refractivity contribution in [2.24, 2.45) is 5.41 Å². The van der Waals surface area contributed by atoms with Gasteiger partial charge in [0.2, 0.25) is 5.95 Å². The highest BCUT2D eigenvalue weighted by molar-refractivity contribution is 6.04.